The van der Waals surface area contributed by atoms with Crippen LogP contribution < -0.4 is 4.74 Å². The van der Waals surface area contributed by atoms with Gasteiger partial charge in [0.05, 0.1) is 24.7 Å². The largest absolute Gasteiger partial charge is 0.497 e. The number of carbonyl (C=O) groups excluding carboxylic acids is 1. The van der Waals surface area contributed by atoms with Crippen molar-refractivity contribution in [1.29, 1.82) is 0 Å². The third-order valence-corrected chi connectivity index (χ3v) is 1.80. The van der Waals surface area contributed by atoms with Gasteiger partial charge < -0.3 is 8.92 Å². The summed E-state index contributed by atoms with van der Waals surface area (Å²) in [6, 6.07) is 6.77. The minimum Gasteiger partial charge on any atom is -0.497 e. The highest BCUT2D eigenvalue weighted by Crippen LogP contribution is 2.13. The monoisotopic (exact) mass is 198 g/mol. The van der Waals surface area contributed by atoms with Crippen molar-refractivity contribution < 1.29 is 13.7 Å². The van der Waals surface area contributed by atoms with E-state index in [-0.39, 0.29) is 5.97 Å². The van der Waals surface area contributed by atoms with Gasteiger partial charge in [0, 0.05) is 6.26 Å². The van der Waals surface area contributed by atoms with Crippen LogP contribution in [0.2, 0.25) is 0 Å². The molecule has 0 fully saturated rings. The second-order valence-corrected chi connectivity index (χ2v) is 2.77. The van der Waals surface area contributed by atoms with Crippen molar-refractivity contribution in [3.8, 4) is 5.75 Å². The van der Waals surface area contributed by atoms with Gasteiger partial charge in [-0.1, -0.05) is 0 Å². The van der Waals surface area contributed by atoms with Crippen molar-refractivity contribution in [3.05, 3.63) is 29.8 Å². The van der Waals surface area contributed by atoms with E-state index in [2.05, 4.69) is 0 Å². The Labute approximate surface area is 81.2 Å². The first-order valence-electron chi connectivity index (χ1n) is 3.67. The lowest BCUT2D eigenvalue weighted by atomic mass is 10.2. The molecular weight excluding hydrogens is 188 g/mol. The SMILES string of the molecule is COc1ccc(C(=O)OSC)cc1. The Hall–Kier alpha value is -1.16. The summed E-state index contributed by atoms with van der Waals surface area (Å²) in [4.78, 5) is 11.2. The molecule has 0 saturated heterocycles. The molecule has 0 atom stereocenters. The Morgan fingerprint density at radius 2 is 1.92 bits per heavy atom. The molecule has 0 aliphatic rings. The molecule has 0 N–H and O–H groups in total. The lowest BCUT2D eigenvalue weighted by Crippen LogP contribution is -1.98. The number of benzene rings is 1. The normalized spacial score (nSPS) is 9.38. The summed E-state index contributed by atoms with van der Waals surface area (Å²) in [5.41, 5.74) is 0.523. The van der Waals surface area contributed by atoms with Crippen molar-refractivity contribution in [2.75, 3.05) is 13.4 Å². The van der Waals surface area contributed by atoms with Gasteiger partial charge in [-0.15, -0.1) is 0 Å². The van der Waals surface area contributed by atoms with Crippen molar-refractivity contribution in [2.45, 2.75) is 0 Å². The maximum absolute atomic E-state index is 11.2. The summed E-state index contributed by atoms with van der Waals surface area (Å²) in [5, 5.41) is 0. The van der Waals surface area contributed by atoms with Crippen LogP contribution in [0.15, 0.2) is 24.3 Å². The van der Waals surface area contributed by atoms with Crippen LogP contribution in [0.3, 0.4) is 0 Å². The maximum atomic E-state index is 11.2. The van der Waals surface area contributed by atoms with Crippen LogP contribution in [0.5, 0.6) is 5.75 Å². The summed E-state index contributed by atoms with van der Waals surface area (Å²) >= 11 is 1.03. The first kappa shape index (κ1) is 9.92. The van der Waals surface area contributed by atoms with Gasteiger partial charge in [-0.25, -0.2) is 4.79 Å². The Balaban J connectivity index is 2.74. The van der Waals surface area contributed by atoms with Crippen LogP contribution in [-0.4, -0.2) is 19.3 Å². The summed E-state index contributed by atoms with van der Waals surface area (Å²) in [7, 11) is 1.58. The molecule has 0 aromatic heterocycles. The van der Waals surface area contributed by atoms with E-state index in [1.165, 1.54) is 0 Å². The Bertz CT molecular complexity index is 281. The quantitative estimate of drug-likeness (QED) is 0.697. The van der Waals surface area contributed by atoms with Crippen LogP contribution >= 0.6 is 12.0 Å². The molecular formula is C9H10O3S. The molecule has 1 aromatic rings. The first-order chi connectivity index (χ1) is 6.27. The van der Waals surface area contributed by atoms with Crippen LogP contribution in [0.25, 0.3) is 0 Å². The van der Waals surface area contributed by atoms with Crippen molar-refractivity contribution in [3.63, 3.8) is 0 Å². The lowest BCUT2D eigenvalue weighted by molar-refractivity contribution is 0.0769. The number of hydrogen-bond acceptors (Lipinski definition) is 4. The third-order valence-electron chi connectivity index (χ3n) is 1.48. The van der Waals surface area contributed by atoms with Crippen LogP contribution in [-0.2, 0) is 4.18 Å². The fraction of sp³-hybridized carbons (Fsp3) is 0.222. The summed E-state index contributed by atoms with van der Waals surface area (Å²) in [5.74, 6) is 0.385. The molecule has 13 heavy (non-hydrogen) atoms. The number of hydrogen-bond donors (Lipinski definition) is 0. The van der Waals surface area contributed by atoms with Crippen molar-refractivity contribution in [1.82, 2.24) is 0 Å². The molecule has 0 aliphatic carbocycles. The van der Waals surface area contributed by atoms with E-state index in [0.29, 0.717) is 5.56 Å². The van der Waals surface area contributed by atoms with Gasteiger partial charge >= 0.3 is 5.97 Å². The average Bonchev–Trinajstić information content (AvgIpc) is 2.18. The molecule has 0 amide bonds. The van der Waals surface area contributed by atoms with Gasteiger partial charge in [0.15, 0.2) is 0 Å². The predicted molar refractivity (Wildman–Crippen MR) is 51.9 cm³/mol. The second-order valence-electron chi connectivity index (χ2n) is 2.27. The molecule has 0 spiro atoms. The summed E-state index contributed by atoms with van der Waals surface area (Å²) in [6.07, 6.45) is 1.70. The topological polar surface area (TPSA) is 35.5 Å². The molecule has 0 aliphatic heterocycles. The Morgan fingerprint density at radius 1 is 1.31 bits per heavy atom. The van der Waals surface area contributed by atoms with Gasteiger partial charge in [0.1, 0.15) is 5.75 Å². The van der Waals surface area contributed by atoms with E-state index in [4.69, 9.17) is 8.92 Å². The van der Waals surface area contributed by atoms with Crippen molar-refractivity contribution >= 4 is 18.0 Å². The number of methoxy groups -OCH3 is 1. The zero-order valence-corrected chi connectivity index (χ0v) is 8.26. The second kappa shape index (κ2) is 4.77. The van der Waals surface area contributed by atoms with Gasteiger partial charge in [-0.2, -0.15) is 0 Å². The predicted octanol–water partition coefficient (Wildman–Crippen LogP) is 2.13. The average molecular weight is 198 g/mol. The zero-order chi connectivity index (χ0) is 9.68. The van der Waals surface area contributed by atoms with Crippen molar-refractivity contribution in [2.24, 2.45) is 0 Å². The van der Waals surface area contributed by atoms with Crippen LogP contribution in [0, 0.1) is 0 Å². The van der Waals surface area contributed by atoms with E-state index in [1.807, 2.05) is 0 Å². The molecule has 1 rings (SSSR count). The third kappa shape index (κ3) is 2.66. The first-order valence-corrected chi connectivity index (χ1v) is 4.82. The van der Waals surface area contributed by atoms with E-state index in [0.717, 1.165) is 17.8 Å². The van der Waals surface area contributed by atoms with Gasteiger partial charge in [-0.3, -0.25) is 0 Å². The number of rotatable bonds is 3. The smallest absolute Gasteiger partial charge is 0.350 e. The molecule has 0 radical (unpaired) electrons. The number of ether oxygens (including phenoxy) is 1. The highest BCUT2D eigenvalue weighted by Gasteiger charge is 2.05. The van der Waals surface area contributed by atoms with Gasteiger partial charge in [0.2, 0.25) is 0 Å². The standard InChI is InChI=1S/C9H10O3S/c1-11-8-5-3-7(4-6-8)9(10)12-13-2/h3-6H,1-2H3. The van der Waals surface area contributed by atoms with Gasteiger partial charge in [0.25, 0.3) is 0 Å². The number of carbonyl (C=O) groups is 1. The zero-order valence-electron chi connectivity index (χ0n) is 7.44. The molecule has 70 valence electrons. The summed E-state index contributed by atoms with van der Waals surface area (Å²) in [6.45, 7) is 0. The molecule has 0 unspecified atom stereocenters. The van der Waals surface area contributed by atoms with E-state index in [1.54, 1.807) is 37.6 Å². The molecule has 1 aromatic carbocycles. The molecule has 4 heteroatoms. The lowest BCUT2D eigenvalue weighted by Gasteiger charge is -2.01. The minimum absolute atomic E-state index is 0.338. The molecule has 0 heterocycles. The fourth-order valence-electron chi connectivity index (χ4n) is 0.851. The fourth-order valence-corrected chi connectivity index (χ4v) is 1.10. The summed E-state index contributed by atoms with van der Waals surface area (Å²) < 4.78 is 9.69. The Morgan fingerprint density at radius 3 is 2.38 bits per heavy atom. The molecule has 3 nitrogen and oxygen atoms in total. The molecule has 0 saturated carbocycles. The van der Waals surface area contributed by atoms with E-state index < -0.39 is 0 Å². The Kier molecular flexibility index (Phi) is 3.64. The van der Waals surface area contributed by atoms with E-state index in [9.17, 15) is 4.79 Å². The molecule has 0 bridgehead atoms. The maximum Gasteiger partial charge on any atom is 0.350 e. The van der Waals surface area contributed by atoms with Gasteiger partial charge in [-0.05, 0) is 24.3 Å². The minimum atomic E-state index is -0.338. The highest BCUT2D eigenvalue weighted by molar-refractivity contribution is 7.94. The van der Waals surface area contributed by atoms with E-state index >= 15 is 0 Å². The van der Waals surface area contributed by atoms with Crippen LogP contribution in [0.1, 0.15) is 10.4 Å². The highest BCUT2D eigenvalue weighted by atomic mass is 32.2. The van der Waals surface area contributed by atoms with Crippen LogP contribution in [0.4, 0.5) is 0 Å².